The Hall–Kier alpha value is -0.970. The van der Waals surface area contributed by atoms with Gasteiger partial charge in [-0.3, -0.25) is 4.79 Å². The van der Waals surface area contributed by atoms with Gasteiger partial charge in [-0.1, -0.05) is 30.1 Å². The Labute approximate surface area is 141 Å². The molecule has 0 spiro atoms. The summed E-state index contributed by atoms with van der Waals surface area (Å²) in [5, 5.41) is 4.02. The number of halogens is 2. The smallest absolute Gasteiger partial charge is 0.260 e. The van der Waals surface area contributed by atoms with E-state index in [2.05, 4.69) is 17.1 Å². The molecule has 2 rings (SSSR count). The second-order valence-electron chi connectivity index (χ2n) is 5.55. The molecule has 22 heavy (non-hydrogen) atoms. The highest BCUT2D eigenvalue weighted by molar-refractivity contribution is 6.34. The molecule has 0 unspecified atom stereocenters. The molecule has 0 aromatic heterocycles. The van der Waals surface area contributed by atoms with Crippen LogP contribution in [-0.2, 0) is 4.79 Å². The molecule has 1 atom stereocenters. The van der Waals surface area contributed by atoms with E-state index in [1.807, 2.05) is 0 Å². The third-order valence-electron chi connectivity index (χ3n) is 3.95. The highest BCUT2D eigenvalue weighted by Gasteiger charge is 2.23. The number of carbonyl (C=O) groups is 1. The number of rotatable bonds is 5. The standard InChI is InChI=1S/C16H22Cl2N2O2/c1-3-20-8-6-13(7-9-20)19-16(21)11(2)22-15-10-12(17)4-5-14(15)18/h4-5,10-11,13H,3,6-9H2,1-2H3,(H,19,21)/t11-/m1/s1. The van der Waals surface area contributed by atoms with Crippen LogP contribution in [0.15, 0.2) is 18.2 Å². The van der Waals surface area contributed by atoms with E-state index in [1.165, 1.54) is 0 Å². The Morgan fingerprint density at radius 1 is 1.41 bits per heavy atom. The molecule has 4 nitrogen and oxygen atoms in total. The largest absolute Gasteiger partial charge is 0.479 e. The molecule has 6 heteroatoms. The molecule has 1 aromatic rings. The Morgan fingerprint density at radius 3 is 2.73 bits per heavy atom. The third kappa shape index (κ3) is 4.77. The van der Waals surface area contributed by atoms with Crippen LogP contribution in [0.2, 0.25) is 10.0 Å². The summed E-state index contributed by atoms with van der Waals surface area (Å²) in [5.74, 6) is 0.309. The second kappa shape index (κ2) is 8.04. The third-order valence-corrected chi connectivity index (χ3v) is 4.49. The topological polar surface area (TPSA) is 41.6 Å². The number of carbonyl (C=O) groups excluding carboxylic acids is 1. The lowest BCUT2D eigenvalue weighted by Crippen LogP contribution is -2.48. The van der Waals surface area contributed by atoms with Crippen LogP contribution in [0, 0.1) is 0 Å². The Kier molecular flexibility index (Phi) is 6.36. The molecule has 1 amide bonds. The van der Waals surface area contributed by atoms with E-state index in [0.29, 0.717) is 15.8 Å². The van der Waals surface area contributed by atoms with Crippen LogP contribution in [0.4, 0.5) is 0 Å². The summed E-state index contributed by atoms with van der Waals surface area (Å²) in [6, 6.07) is 5.18. The van der Waals surface area contributed by atoms with Crippen LogP contribution in [0.1, 0.15) is 26.7 Å². The molecule has 0 saturated carbocycles. The lowest BCUT2D eigenvalue weighted by atomic mass is 10.0. The van der Waals surface area contributed by atoms with Gasteiger partial charge in [0.25, 0.3) is 5.91 Å². The first-order valence-electron chi connectivity index (χ1n) is 7.64. The molecule has 1 fully saturated rings. The van der Waals surface area contributed by atoms with Gasteiger partial charge in [0.1, 0.15) is 5.75 Å². The summed E-state index contributed by atoms with van der Waals surface area (Å²) in [6.07, 6.45) is 1.34. The number of nitrogens with one attached hydrogen (secondary N) is 1. The molecule has 1 aliphatic rings. The van der Waals surface area contributed by atoms with Gasteiger partial charge in [-0.15, -0.1) is 0 Å². The van der Waals surface area contributed by atoms with E-state index in [4.69, 9.17) is 27.9 Å². The zero-order valence-electron chi connectivity index (χ0n) is 12.9. The normalized spacial score (nSPS) is 18.0. The summed E-state index contributed by atoms with van der Waals surface area (Å²) in [6.45, 7) is 6.98. The fourth-order valence-electron chi connectivity index (χ4n) is 2.52. The van der Waals surface area contributed by atoms with Gasteiger partial charge in [-0.05, 0) is 38.4 Å². The molecule has 0 aliphatic carbocycles. The summed E-state index contributed by atoms with van der Waals surface area (Å²) < 4.78 is 5.63. The highest BCUT2D eigenvalue weighted by atomic mass is 35.5. The van der Waals surface area contributed by atoms with Crippen molar-refractivity contribution in [2.75, 3.05) is 19.6 Å². The number of likely N-dealkylation sites (tertiary alicyclic amines) is 1. The molecule has 1 saturated heterocycles. The lowest BCUT2D eigenvalue weighted by molar-refractivity contribution is -0.128. The summed E-state index contributed by atoms with van der Waals surface area (Å²) in [4.78, 5) is 14.6. The lowest BCUT2D eigenvalue weighted by Gasteiger charge is -2.32. The number of benzene rings is 1. The summed E-state index contributed by atoms with van der Waals surface area (Å²) in [7, 11) is 0. The highest BCUT2D eigenvalue weighted by Crippen LogP contribution is 2.28. The Morgan fingerprint density at radius 2 is 2.09 bits per heavy atom. The maximum atomic E-state index is 12.2. The zero-order chi connectivity index (χ0) is 16.1. The molecular formula is C16H22Cl2N2O2. The van der Waals surface area contributed by atoms with Crippen molar-refractivity contribution in [3.05, 3.63) is 28.2 Å². The van der Waals surface area contributed by atoms with Gasteiger partial charge in [-0.25, -0.2) is 0 Å². The molecule has 1 N–H and O–H groups in total. The molecule has 0 radical (unpaired) electrons. The van der Waals surface area contributed by atoms with Crippen molar-refractivity contribution in [3.63, 3.8) is 0 Å². The van der Waals surface area contributed by atoms with Gasteiger partial charge in [0.05, 0.1) is 5.02 Å². The number of piperidine rings is 1. The number of hydrogen-bond acceptors (Lipinski definition) is 3. The first-order chi connectivity index (χ1) is 10.5. The second-order valence-corrected chi connectivity index (χ2v) is 6.40. The Bertz CT molecular complexity index is 517. The van der Waals surface area contributed by atoms with Gasteiger partial charge >= 0.3 is 0 Å². The van der Waals surface area contributed by atoms with E-state index >= 15 is 0 Å². The quantitative estimate of drug-likeness (QED) is 0.890. The number of ether oxygens (including phenoxy) is 1. The molecule has 1 heterocycles. The number of amides is 1. The van der Waals surface area contributed by atoms with Crippen LogP contribution in [0.3, 0.4) is 0 Å². The van der Waals surface area contributed by atoms with Gasteiger partial charge in [0.2, 0.25) is 0 Å². The predicted molar refractivity (Wildman–Crippen MR) is 89.8 cm³/mol. The van der Waals surface area contributed by atoms with Gasteiger partial charge in [0.15, 0.2) is 6.10 Å². The first-order valence-corrected chi connectivity index (χ1v) is 8.39. The summed E-state index contributed by atoms with van der Waals surface area (Å²) >= 11 is 12.0. The SMILES string of the molecule is CCN1CCC(NC(=O)[C@@H](C)Oc2cc(Cl)ccc2Cl)CC1. The van der Waals surface area contributed by atoms with Gasteiger partial charge in [0, 0.05) is 30.2 Å². The minimum atomic E-state index is -0.611. The van der Waals surface area contributed by atoms with Crippen molar-refractivity contribution < 1.29 is 9.53 Å². The van der Waals surface area contributed by atoms with Crippen LogP contribution in [0.25, 0.3) is 0 Å². The summed E-state index contributed by atoms with van der Waals surface area (Å²) in [5.41, 5.74) is 0. The monoisotopic (exact) mass is 344 g/mol. The zero-order valence-corrected chi connectivity index (χ0v) is 14.5. The molecule has 1 aromatic carbocycles. The average molecular weight is 345 g/mol. The van der Waals surface area contributed by atoms with Crippen molar-refractivity contribution in [2.45, 2.75) is 38.8 Å². The van der Waals surface area contributed by atoms with Crippen molar-refractivity contribution >= 4 is 29.1 Å². The van der Waals surface area contributed by atoms with Crippen molar-refractivity contribution in [3.8, 4) is 5.75 Å². The maximum Gasteiger partial charge on any atom is 0.260 e. The number of nitrogens with zero attached hydrogens (tertiary/aromatic N) is 1. The fourth-order valence-corrected chi connectivity index (χ4v) is 2.85. The van der Waals surface area contributed by atoms with Crippen LogP contribution in [-0.4, -0.2) is 42.6 Å². The predicted octanol–water partition coefficient (Wildman–Crippen LogP) is 3.36. The van der Waals surface area contributed by atoms with Crippen LogP contribution >= 0.6 is 23.2 Å². The van der Waals surface area contributed by atoms with E-state index in [-0.39, 0.29) is 11.9 Å². The molecule has 1 aliphatic heterocycles. The first kappa shape index (κ1) is 17.4. The Balaban J connectivity index is 1.86. The maximum absolute atomic E-state index is 12.2. The fraction of sp³-hybridized carbons (Fsp3) is 0.562. The van der Waals surface area contributed by atoms with Crippen molar-refractivity contribution in [1.29, 1.82) is 0 Å². The molecule has 0 bridgehead atoms. The van der Waals surface area contributed by atoms with E-state index in [9.17, 15) is 4.79 Å². The van der Waals surface area contributed by atoms with Gasteiger partial charge in [-0.2, -0.15) is 0 Å². The van der Waals surface area contributed by atoms with Gasteiger partial charge < -0.3 is 15.0 Å². The minimum absolute atomic E-state index is 0.119. The average Bonchev–Trinajstić information content (AvgIpc) is 2.51. The molecule has 122 valence electrons. The van der Waals surface area contributed by atoms with Crippen molar-refractivity contribution in [1.82, 2.24) is 10.2 Å². The molecular weight excluding hydrogens is 323 g/mol. The van der Waals surface area contributed by atoms with Crippen molar-refractivity contribution in [2.24, 2.45) is 0 Å². The van der Waals surface area contributed by atoms with E-state index < -0.39 is 6.10 Å². The number of hydrogen-bond donors (Lipinski definition) is 1. The van der Waals surface area contributed by atoms with Crippen LogP contribution in [0.5, 0.6) is 5.75 Å². The van der Waals surface area contributed by atoms with E-state index in [0.717, 1.165) is 32.5 Å². The van der Waals surface area contributed by atoms with E-state index in [1.54, 1.807) is 25.1 Å². The minimum Gasteiger partial charge on any atom is -0.479 e. The van der Waals surface area contributed by atoms with Crippen LogP contribution < -0.4 is 10.1 Å².